The van der Waals surface area contributed by atoms with Gasteiger partial charge in [0.25, 0.3) is 0 Å². The number of hydrogen-bond donors (Lipinski definition) is 1. The Hall–Kier alpha value is -0.0800. The molecule has 2 nitrogen and oxygen atoms in total. The lowest BCUT2D eigenvalue weighted by atomic mass is 9.83. The van der Waals surface area contributed by atoms with Crippen LogP contribution >= 0.6 is 0 Å². The predicted octanol–water partition coefficient (Wildman–Crippen LogP) is 2.23. The van der Waals surface area contributed by atoms with E-state index < -0.39 is 0 Å². The van der Waals surface area contributed by atoms with Crippen LogP contribution in [0.15, 0.2) is 0 Å². The molecule has 92 valence electrons. The highest BCUT2D eigenvalue weighted by Crippen LogP contribution is 2.40. The molecule has 1 aliphatic heterocycles. The predicted molar refractivity (Wildman–Crippen MR) is 67.2 cm³/mol. The minimum absolute atomic E-state index is 0.454. The minimum Gasteiger partial charge on any atom is -0.326 e. The molecule has 16 heavy (non-hydrogen) atoms. The Morgan fingerprint density at radius 1 is 1.00 bits per heavy atom. The topological polar surface area (TPSA) is 29.3 Å². The van der Waals surface area contributed by atoms with Crippen LogP contribution in [0.4, 0.5) is 0 Å². The van der Waals surface area contributed by atoms with Crippen molar-refractivity contribution in [1.82, 2.24) is 4.90 Å². The summed E-state index contributed by atoms with van der Waals surface area (Å²) in [6, 6.07) is 1.16. The molecule has 3 aliphatic rings. The van der Waals surface area contributed by atoms with Crippen molar-refractivity contribution in [2.75, 3.05) is 13.1 Å². The number of likely N-dealkylation sites (tertiary alicyclic amines) is 1. The largest absolute Gasteiger partial charge is 0.326 e. The number of nitrogens with two attached hydrogens (primary N) is 1. The standard InChI is InChI=1S/C14H26N2/c1-10-5-6-13(15)14(7-10)16-8-11-3-2-4-12(11)9-16/h10-14H,2-9,15H2,1H3. The van der Waals surface area contributed by atoms with E-state index in [4.69, 9.17) is 5.73 Å². The fourth-order valence-corrected chi connectivity index (χ4v) is 4.34. The molecule has 2 aliphatic carbocycles. The highest BCUT2D eigenvalue weighted by molar-refractivity contribution is 4.96. The number of rotatable bonds is 1. The van der Waals surface area contributed by atoms with Gasteiger partial charge in [-0.25, -0.2) is 0 Å². The minimum atomic E-state index is 0.454. The van der Waals surface area contributed by atoms with Crippen molar-refractivity contribution in [3.05, 3.63) is 0 Å². The summed E-state index contributed by atoms with van der Waals surface area (Å²) in [5, 5.41) is 0. The Bertz CT molecular complexity index is 241. The molecule has 0 aromatic heterocycles. The average molecular weight is 222 g/mol. The van der Waals surface area contributed by atoms with E-state index in [0.717, 1.165) is 17.8 Å². The summed E-state index contributed by atoms with van der Waals surface area (Å²) >= 11 is 0. The molecule has 0 radical (unpaired) electrons. The van der Waals surface area contributed by atoms with Gasteiger partial charge < -0.3 is 5.73 Å². The number of hydrogen-bond acceptors (Lipinski definition) is 2. The lowest BCUT2D eigenvalue weighted by molar-refractivity contribution is 0.132. The zero-order valence-corrected chi connectivity index (χ0v) is 10.6. The molecule has 1 heterocycles. The summed E-state index contributed by atoms with van der Waals surface area (Å²) in [6.45, 7) is 5.11. The van der Waals surface area contributed by atoms with Crippen LogP contribution in [0.1, 0.15) is 45.4 Å². The molecule has 3 fully saturated rings. The third-order valence-electron chi connectivity index (χ3n) is 5.35. The van der Waals surface area contributed by atoms with Crippen molar-refractivity contribution in [1.29, 1.82) is 0 Å². The van der Waals surface area contributed by atoms with Gasteiger partial charge in [0.15, 0.2) is 0 Å². The zero-order chi connectivity index (χ0) is 11.1. The SMILES string of the molecule is CC1CCC(N)C(N2CC3CCCC3C2)C1. The van der Waals surface area contributed by atoms with Crippen molar-refractivity contribution in [2.24, 2.45) is 23.5 Å². The molecule has 0 bridgehead atoms. The first-order chi connectivity index (χ1) is 7.74. The van der Waals surface area contributed by atoms with E-state index in [1.54, 1.807) is 0 Å². The van der Waals surface area contributed by atoms with Gasteiger partial charge in [-0.2, -0.15) is 0 Å². The molecule has 0 aromatic rings. The Morgan fingerprint density at radius 2 is 1.69 bits per heavy atom. The average Bonchev–Trinajstić information content (AvgIpc) is 2.81. The molecule has 0 amide bonds. The van der Waals surface area contributed by atoms with Crippen molar-refractivity contribution in [2.45, 2.75) is 57.5 Å². The van der Waals surface area contributed by atoms with Gasteiger partial charge in [0.2, 0.25) is 0 Å². The fraction of sp³-hybridized carbons (Fsp3) is 1.00. The van der Waals surface area contributed by atoms with Gasteiger partial charge in [-0.3, -0.25) is 4.90 Å². The van der Waals surface area contributed by atoms with Crippen molar-refractivity contribution in [3.63, 3.8) is 0 Å². The van der Waals surface area contributed by atoms with Gasteiger partial charge in [0, 0.05) is 25.2 Å². The summed E-state index contributed by atoms with van der Waals surface area (Å²) in [6.07, 6.45) is 8.39. The van der Waals surface area contributed by atoms with E-state index in [1.165, 1.54) is 51.6 Å². The smallest absolute Gasteiger partial charge is 0.0249 e. The maximum absolute atomic E-state index is 6.33. The van der Waals surface area contributed by atoms with E-state index in [9.17, 15) is 0 Å². The number of nitrogens with zero attached hydrogens (tertiary/aromatic N) is 1. The van der Waals surface area contributed by atoms with Gasteiger partial charge in [-0.15, -0.1) is 0 Å². The van der Waals surface area contributed by atoms with Crippen molar-refractivity contribution >= 4 is 0 Å². The Kier molecular flexibility index (Phi) is 2.97. The highest BCUT2D eigenvalue weighted by Gasteiger charge is 2.41. The van der Waals surface area contributed by atoms with Crippen molar-refractivity contribution < 1.29 is 0 Å². The van der Waals surface area contributed by atoms with Crippen LogP contribution < -0.4 is 5.73 Å². The Labute approximate surface area is 99.6 Å². The fourth-order valence-electron chi connectivity index (χ4n) is 4.34. The van der Waals surface area contributed by atoms with E-state index in [2.05, 4.69) is 11.8 Å². The van der Waals surface area contributed by atoms with Crippen LogP contribution in [0.5, 0.6) is 0 Å². The van der Waals surface area contributed by atoms with Crippen LogP contribution in [-0.4, -0.2) is 30.1 Å². The summed E-state index contributed by atoms with van der Waals surface area (Å²) in [4.78, 5) is 2.74. The van der Waals surface area contributed by atoms with Crippen LogP contribution in [0.25, 0.3) is 0 Å². The molecular weight excluding hydrogens is 196 g/mol. The van der Waals surface area contributed by atoms with Gasteiger partial charge in [0.05, 0.1) is 0 Å². The second kappa shape index (κ2) is 4.30. The summed E-state index contributed by atoms with van der Waals surface area (Å²) in [5.41, 5.74) is 6.33. The quantitative estimate of drug-likeness (QED) is 0.737. The van der Waals surface area contributed by atoms with Gasteiger partial charge in [-0.05, 0) is 49.9 Å². The molecule has 0 spiro atoms. The van der Waals surface area contributed by atoms with Gasteiger partial charge in [0.1, 0.15) is 0 Å². The van der Waals surface area contributed by atoms with Crippen LogP contribution in [0.2, 0.25) is 0 Å². The highest BCUT2D eigenvalue weighted by atomic mass is 15.2. The normalized spacial score (nSPS) is 49.5. The van der Waals surface area contributed by atoms with E-state index in [0.29, 0.717) is 12.1 Å². The molecular formula is C14H26N2. The molecule has 2 heteroatoms. The molecule has 1 saturated heterocycles. The maximum atomic E-state index is 6.33. The molecule has 2 N–H and O–H groups in total. The van der Waals surface area contributed by atoms with E-state index >= 15 is 0 Å². The Balaban J connectivity index is 1.64. The molecule has 5 atom stereocenters. The lowest BCUT2D eigenvalue weighted by Gasteiger charge is -2.39. The molecule has 2 saturated carbocycles. The second-order valence-electron chi connectivity index (χ2n) is 6.55. The first kappa shape index (κ1) is 11.0. The maximum Gasteiger partial charge on any atom is 0.0249 e. The van der Waals surface area contributed by atoms with Crippen LogP contribution in [0.3, 0.4) is 0 Å². The first-order valence-electron chi connectivity index (χ1n) is 7.23. The number of fused-ring (bicyclic) bond motifs is 1. The molecule has 3 rings (SSSR count). The zero-order valence-electron chi connectivity index (χ0n) is 10.6. The molecule has 5 unspecified atom stereocenters. The van der Waals surface area contributed by atoms with Gasteiger partial charge in [-0.1, -0.05) is 13.3 Å². The monoisotopic (exact) mass is 222 g/mol. The summed E-state index contributed by atoms with van der Waals surface area (Å²) in [7, 11) is 0. The first-order valence-corrected chi connectivity index (χ1v) is 7.23. The lowest BCUT2D eigenvalue weighted by Crippen LogP contribution is -2.50. The Morgan fingerprint density at radius 3 is 2.38 bits per heavy atom. The van der Waals surface area contributed by atoms with E-state index in [1.807, 2.05) is 0 Å². The van der Waals surface area contributed by atoms with E-state index in [-0.39, 0.29) is 0 Å². The second-order valence-corrected chi connectivity index (χ2v) is 6.55. The third-order valence-corrected chi connectivity index (χ3v) is 5.35. The summed E-state index contributed by atoms with van der Waals surface area (Å²) in [5.74, 6) is 2.93. The van der Waals surface area contributed by atoms with Gasteiger partial charge >= 0.3 is 0 Å². The molecule has 0 aromatic carbocycles. The van der Waals surface area contributed by atoms with Crippen molar-refractivity contribution in [3.8, 4) is 0 Å². The van der Waals surface area contributed by atoms with Crippen LogP contribution in [0, 0.1) is 17.8 Å². The third kappa shape index (κ3) is 1.91. The van der Waals surface area contributed by atoms with Crippen LogP contribution in [-0.2, 0) is 0 Å². The summed E-state index contributed by atoms with van der Waals surface area (Å²) < 4.78 is 0.